The second-order valence-electron chi connectivity index (χ2n) is 7.56. The molecule has 0 bridgehead atoms. The molecule has 2 aromatic rings. The number of hydrogen-bond donors (Lipinski definition) is 1. The molecule has 2 heterocycles. The Bertz CT molecular complexity index is 818. The molecule has 1 unspecified atom stereocenters. The zero-order valence-electron chi connectivity index (χ0n) is 15.3. The molecule has 26 heavy (non-hydrogen) atoms. The molecular weight excluding hydrogens is 328 g/mol. The number of piperidine rings is 1. The van der Waals surface area contributed by atoms with Crippen molar-refractivity contribution in [2.45, 2.75) is 51.6 Å². The average Bonchev–Trinajstić information content (AvgIpc) is 3.41. The number of aryl methyl sites for hydroxylation is 2. The van der Waals surface area contributed by atoms with Crippen LogP contribution in [0.4, 0.5) is 0 Å². The smallest absolute Gasteiger partial charge is 0.233 e. The molecule has 0 radical (unpaired) electrons. The van der Waals surface area contributed by atoms with Crippen LogP contribution in [0.25, 0.3) is 10.9 Å². The third-order valence-electron chi connectivity index (χ3n) is 5.40. The number of benzene rings is 1. The van der Waals surface area contributed by atoms with Gasteiger partial charge >= 0.3 is 0 Å². The fourth-order valence-electron chi connectivity index (χ4n) is 3.78. The predicted octanol–water partition coefficient (Wildman–Crippen LogP) is 2.25. The van der Waals surface area contributed by atoms with Gasteiger partial charge in [0.25, 0.3) is 0 Å². The molecule has 0 spiro atoms. The van der Waals surface area contributed by atoms with Crippen LogP contribution in [-0.4, -0.2) is 45.6 Å². The van der Waals surface area contributed by atoms with E-state index in [9.17, 15) is 9.59 Å². The number of nitrogens with zero attached hydrogens (tertiary/aromatic N) is 3. The Labute approximate surface area is 153 Å². The second-order valence-corrected chi connectivity index (χ2v) is 7.56. The van der Waals surface area contributed by atoms with Gasteiger partial charge in [-0.1, -0.05) is 12.1 Å². The van der Waals surface area contributed by atoms with Crippen LogP contribution in [0, 0.1) is 12.8 Å². The van der Waals surface area contributed by atoms with E-state index < -0.39 is 0 Å². The minimum Gasteiger partial charge on any atom is -0.316 e. The third-order valence-corrected chi connectivity index (χ3v) is 5.40. The summed E-state index contributed by atoms with van der Waals surface area (Å²) in [6, 6.07) is 6.32. The lowest BCUT2D eigenvalue weighted by molar-refractivity contribution is -0.148. The summed E-state index contributed by atoms with van der Waals surface area (Å²) in [4.78, 5) is 27.3. The van der Waals surface area contributed by atoms with Crippen molar-refractivity contribution in [1.29, 1.82) is 0 Å². The van der Waals surface area contributed by atoms with Crippen molar-refractivity contribution in [3.05, 3.63) is 30.0 Å². The van der Waals surface area contributed by atoms with E-state index in [4.69, 9.17) is 0 Å². The molecule has 1 N–H and O–H groups in total. The monoisotopic (exact) mass is 354 g/mol. The van der Waals surface area contributed by atoms with Gasteiger partial charge < -0.3 is 5.32 Å². The zero-order chi connectivity index (χ0) is 18.1. The van der Waals surface area contributed by atoms with Crippen LogP contribution >= 0.6 is 0 Å². The highest BCUT2D eigenvalue weighted by atomic mass is 16.2. The Morgan fingerprint density at radius 3 is 2.88 bits per heavy atom. The van der Waals surface area contributed by atoms with Crippen molar-refractivity contribution in [2.24, 2.45) is 5.92 Å². The van der Waals surface area contributed by atoms with Crippen molar-refractivity contribution in [2.75, 3.05) is 13.1 Å². The van der Waals surface area contributed by atoms with E-state index in [1.54, 1.807) is 4.90 Å². The highest BCUT2D eigenvalue weighted by Gasteiger charge is 2.39. The molecular formula is C20H26N4O2. The van der Waals surface area contributed by atoms with Crippen molar-refractivity contribution >= 4 is 22.7 Å². The van der Waals surface area contributed by atoms with E-state index in [1.165, 1.54) is 5.56 Å². The Kier molecular flexibility index (Phi) is 4.76. The number of rotatable bonds is 5. The number of amides is 2. The van der Waals surface area contributed by atoms with E-state index >= 15 is 0 Å². The molecule has 1 aliphatic carbocycles. The fourth-order valence-corrected chi connectivity index (χ4v) is 3.78. The number of imide groups is 1. The maximum Gasteiger partial charge on any atom is 0.233 e. The van der Waals surface area contributed by atoms with Crippen molar-refractivity contribution < 1.29 is 9.59 Å². The van der Waals surface area contributed by atoms with Crippen LogP contribution in [0.5, 0.6) is 0 Å². The topological polar surface area (TPSA) is 67.2 Å². The van der Waals surface area contributed by atoms with Gasteiger partial charge in [-0.3, -0.25) is 19.2 Å². The molecule has 6 nitrogen and oxygen atoms in total. The maximum atomic E-state index is 12.9. The van der Waals surface area contributed by atoms with Crippen molar-refractivity contribution in [3.63, 3.8) is 0 Å². The molecule has 2 fully saturated rings. The SMILES string of the molecule is Cc1ccc2cnn(CCC(=O)N(C(=O)C3CCCNC3)C3CC3)c2c1. The molecule has 1 aliphatic heterocycles. The van der Waals surface area contributed by atoms with Gasteiger partial charge in [-0.2, -0.15) is 5.10 Å². The minimum absolute atomic E-state index is 0.0193. The van der Waals surface area contributed by atoms with Crippen LogP contribution in [0.3, 0.4) is 0 Å². The summed E-state index contributed by atoms with van der Waals surface area (Å²) in [5.41, 5.74) is 2.21. The number of carbonyl (C=O) groups is 2. The molecule has 2 amide bonds. The van der Waals surface area contributed by atoms with Crippen LogP contribution < -0.4 is 5.32 Å². The summed E-state index contributed by atoms with van der Waals surface area (Å²) in [7, 11) is 0. The summed E-state index contributed by atoms with van der Waals surface area (Å²) >= 11 is 0. The number of nitrogens with one attached hydrogen (secondary N) is 1. The van der Waals surface area contributed by atoms with Crippen LogP contribution in [0.1, 0.15) is 37.7 Å². The van der Waals surface area contributed by atoms with Gasteiger partial charge in [0, 0.05) is 24.4 Å². The molecule has 4 rings (SSSR count). The Morgan fingerprint density at radius 2 is 2.15 bits per heavy atom. The molecule has 1 aromatic carbocycles. The molecule has 6 heteroatoms. The molecule has 1 aromatic heterocycles. The van der Waals surface area contributed by atoms with Gasteiger partial charge in [0.05, 0.1) is 24.2 Å². The molecule has 1 saturated carbocycles. The normalized spacial score (nSPS) is 20.3. The Balaban J connectivity index is 1.45. The molecule has 138 valence electrons. The van der Waals surface area contributed by atoms with Gasteiger partial charge in [-0.15, -0.1) is 0 Å². The fraction of sp³-hybridized carbons (Fsp3) is 0.550. The lowest BCUT2D eigenvalue weighted by Crippen LogP contribution is -2.47. The van der Waals surface area contributed by atoms with Gasteiger partial charge in [0.15, 0.2) is 0 Å². The van der Waals surface area contributed by atoms with Gasteiger partial charge in [0.1, 0.15) is 0 Å². The van der Waals surface area contributed by atoms with E-state index in [1.807, 2.05) is 23.9 Å². The average molecular weight is 354 g/mol. The first-order valence-corrected chi connectivity index (χ1v) is 9.62. The number of fused-ring (bicyclic) bond motifs is 1. The third kappa shape index (κ3) is 3.51. The summed E-state index contributed by atoms with van der Waals surface area (Å²) in [6.45, 7) is 4.21. The highest BCUT2D eigenvalue weighted by Crippen LogP contribution is 2.30. The number of carbonyl (C=O) groups excluding carboxylic acids is 2. The standard InChI is InChI=1S/C20H26N4O2/c1-14-4-5-15-13-22-23(18(15)11-14)10-8-19(25)24(17-6-7-17)20(26)16-3-2-9-21-12-16/h4-5,11,13,16-17,21H,2-3,6-10,12H2,1H3. The second kappa shape index (κ2) is 7.19. The van der Waals surface area contributed by atoms with Gasteiger partial charge in [-0.25, -0.2) is 0 Å². The number of aromatic nitrogens is 2. The molecule has 1 saturated heterocycles. The zero-order valence-corrected chi connectivity index (χ0v) is 15.3. The van der Waals surface area contributed by atoms with Crippen LogP contribution in [0.2, 0.25) is 0 Å². The minimum atomic E-state index is -0.0561. The van der Waals surface area contributed by atoms with Crippen molar-refractivity contribution in [3.8, 4) is 0 Å². The summed E-state index contributed by atoms with van der Waals surface area (Å²) < 4.78 is 1.87. The van der Waals surface area contributed by atoms with Crippen LogP contribution in [0.15, 0.2) is 24.4 Å². The summed E-state index contributed by atoms with van der Waals surface area (Å²) in [5, 5.41) is 8.77. The van der Waals surface area contributed by atoms with Gasteiger partial charge in [-0.05, 0) is 50.8 Å². The van der Waals surface area contributed by atoms with E-state index in [-0.39, 0.29) is 23.8 Å². The predicted molar refractivity (Wildman–Crippen MR) is 99.6 cm³/mol. The lowest BCUT2D eigenvalue weighted by Gasteiger charge is -2.28. The first kappa shape index (κ1) is 17.2. The van der Waals surface area contributed by atoms with Crippen molar-refractivity contribution in [1.82, 2.24) is 20.0 Å². The van der Waals surface area contributed by atoms with Crippen LogP contribution in [-0.2, 0) is 16.1 Å². The first-order chi connectivity index (χ1) is 12.6. The highest BCUT2D eigenvalue weighted by molar-refractivity contribution is 5.97. The molecule has 1 atom stereocenters. The summed E-state index contributed by atoms with van der Waals surface area (Å²) in [5.74, 6) is -0.0910. The largest absolute Gasteiger partial charge is 0.316 e. The van der Waals surface area contributed by atoms with Gasteiger partial charge in [0.2, 0.25) is 11.8 Å². The number of hydrogen-bond acceptors (Lipinski definition) is 4. The first-order valence-electron chi connectivity index (χ1n) is 9.62. The van der Waals surface area contributed by atoms with E-state index in [0.29, 0.717) is 19.5 Å². The van der Waals surface area contributed by atoms with E-state index in [0.717, 1.165) is 43.1 Å². The molecule has 2 aliphatic rings. The van der Waals surface area contributed by atoms with E-state index in [2.05, 4.69) is 22.5 Å². The quantitative estimate of drug-likeness (QED) is 0.894. The summed E-state index contributed by atoms with van der Waals surface area (Å²) in [6.07, 6.45) is 5.92. The lowest BCUT2D eigenvalue weighted by atomic mass is 9.98. The maximum absolute atomic E-state index is 12.9. The Morgan fingerprint density at radius 1 is 1.31 bits per heavy atom. The Hall–Kier alpha value is -2.21.